The molecule has 72 valence electrons. The van der Waals surface area contributed by atoms with E-state index < -0.39 is 0 Å². The Bertz CT molecular complexity index is 238. The highest BCUT2D eigenvalue weighted by atomic mass is 14.9. The highest BCUT2D eigenvalue weighted by molar-refractivity contribution is 5.31. The van der Waals surface area contributed by atoms with Crippen molar-refractivity contribution in [1.82, 2.24) is 5.32 Å². The second-order valence-corrected chi connectivity index (χ2v) is 4.31. The van der Waals surface area contributed by atoms with E-state index in [9.17, 15) is 0 Å². The van der Waals surface area contributed by atoms with Gasteiger partial charge in [0.05, 0.1) is 0 Å². The second kappa shape index (κ2) is 3.99. The van der Waals surface area contributed by atoms with Gasteiger partial charge < -0.3 is 5.32 Å². The van der Waals surface area contributed by atoms with E-state index in [0.29, 0.717) is 0 Å². The van der Waals surface area contributed by atoms with E-state index in [1.54, 1.807) is 5.57 Å². The molecule has 0 unspecified atom stereocenters. The Morgan fingerprint density at radius 3 is 2.85 bits per heavy atom. The molecular weight excluding hydrogens is 158 g/mol. The van der Waals surface area contributed by atoms with Crippen LogP contribution in [0.1, 0.15) is 39.0 Å². The monoisotopic (exact) mass is 177 g/mol. The maximum Gasteiger partial charge on any atom is 0.0329 e. The van der Waals surface area contributed by atoms with Gasteiger partial charge in [-0.1, -0.05) is 19.1 Å². The van der Waals surface area contributed by atoms with Crippen molar-refractivity contribution in [3.63, 3.8) is 0 Å². The number of hydrogen-bond donors (Lipinski definition) is 1. The summed E-state index contributed by atoms with van der Waals surface area (Å²) >= 11 is 0. The fourth-order valence-electron chi connectivity index (χ4n) is 2.09. The lowest BCUT2D eigenvalue weighted by molar-refractivity contribution is 0.521. The quantitative estimate of drug-likeness (QED) is 0.649. The van der Waals surface area contributed by atoms with Crippen molar-refractivity contribution in [2.45, 2.75) is 39.0 Å². The molecule has 0 aromatic heterocycles. The van der Waals surface area contributed by atoms with Crippen LogP contribution in [0.2, 0.25) is 0 Å². The van der Waals surface area contributed by atoms with Crippen LogP contribution < -0.4 is 5.32 Å². The molecule has 13 heavy (non-hydrogen) atoms. The molecule has 0 saturated heterocycles. The Hall–Kier alpha value is -0.720. The predicted octanol–water partition coefficient (Wildman–Crippen LogP) is 3.00. The van der Waals surface area contributed by atoms with Gasteiger partial charge in [0.15, 0.2) is 0 Å². The molecule has 0 fully saturated rings. The Morgan fingerprint density at radius 1 is 1.31 bits per heavy atom. The molecule has 0 aromatic rings. The summed E-state index contributed by atoms with van der Waals surface area (Å²) in [5, 5.41) is 3.53. The van der Waals surface area contributed by atoms with Gasteiger partial charge >= 0.3 is 0 Å². The van der Waals surface area contributed by atoms with Gasteiger partial charge in [0.2, 0.25) is 0 Å². The summed E-state index contributed by atoms with van der Waals surface area (Å²) in [5.41, 5.74) is 3.00. The number of rotatable bonds is 1. The molecule has 1 atom stereocenters. The Kier molecular flexibility index (Phi) is 2.72. The molecule has 0 aromatic carbocycles. The maximum absolute atomic E-state index is 3.53. The zero-order valence-corrected chi connectivity index (χ0v) is 8.47. The first-order valence-electron chi connectivity index (χ1n) is 5.49. The molecule has 1 heteroatoms. The van der Waals surface area contributed by atoms with Gasteiger partial charge in [0.1, 0.15) is 0 Å². The number of hydrogen-bond acceptors (Lipinski definition) is 1. The first-order chi connectivity index (χ1) is 6.36. The minimum atomic E-state index is 0.813. The molecule has 2 rings (SSSR count). The highest BCUT2D eigenvalue weighted by Crippen LogP contribution is 2.25. The lowest BCUT2D eigenvalue weighted by atomic mass is 9.93. The Morgan fingerprint density at radius 2 is 2.23 bits per heavy atom. The number of nitrogens with one attached hydrogen (secondary N) is 1. The van der Waals surface area contributed by atoms with Gasteiger partial charge in [-0.05, 0) is 43.6 Å². The van der Waals surface area contributed by atoms with E-state index >= 15 is 0 Å². The minimum Gasteiger partial charge on any atom is -0.385 e. The average Bonchev–Trinajstić information content (AvgIpc) is 2.20. The molecule has 0 spiro atoms. The van der Waals surface area contributed by atoms with Crippen molar-refractivity contribution in [1.29, 1.82) is 0 Å². The smallest absolute Gasteiger partial charge is 0.0329 e. The van der Waals surface area contributed by atoms with Gasteiger partial charge in [0.25, 0.3) is 0 Å². The van der Waals surface area contributed by atoms with E-state index in [1.165, 1.54) is 37.8 Å². The first kappa shape index (κ1) is 8.86. The summed E-state index contributed by atoms with van der Waals surface area (Å²) in [4.78, 5) is 0. The van der Waals surface area contributed by atoms with E-state index in [-0.39, 0.29) is 0 Å². The fourth-order valence-corrected chi connectivity index (χ4v) is 2.09. The van der Waals surface area contributed by atoms with E-state index in [1.807, 2.05) is 0 Å². The molecule has 0 radical (unpaired) electrons. The van der Waals surface area contributed by atoms with Crippen molar-refractivity contribution < 1.29 is 0 Å². The van der Waals surface area contributed by atoms with Crippen LogP contribution in [0.3, 0.4) is 0 Å². The molecule has 1 N–H and O–H groups in total. The zero-order valence-electron chi connectivity index (χ0n) is 8.47. The van der Waals surface area contributed by atoms with Crippen LogP contribution in [0.4, 0.5) is 0 Å². The molecule has 1 heterocycles. The van der Waals surface area contributed by atoms with E-state index in [2.05, 4.69) is 24.4 Å². The third-order valence-electron chi connectivity index (χ3n) is 3.00. The second-order valence-electron chi connectivity index (χ2n) is 4.31. The van der Waals surface area contributed by atoms with Gasteiger partial charge in [-0.2, -0.15) is 0 Å². The van der Waals surface area contributed by atoms with Crippen LogP contribution in [0.15, 0.2) is 23.4 Å². The molecule has 0 saturated carbocycles. The summed E-state index contributed by atoms with van der Waals surface area (Å²) in [6, 6.07) is 0. The van der Waals surface area contributed by atoms with Crippen molar-refractivity contribution in [2.75, 3.05) is 6.54 Å². The Balaban J connectivity index is 2.03. The van der Waals surface area contributed by atoms with Crippen molar-refractivity contribution in [2.24, 2.45) is 5.92 Å². The summed E-state index contributed by atoms with van der Waals surface area (Å²) < 4.78 is 0. The van der Waals surface area contributed by atoms with Crippen LogP contribution in [0.5, 0.6) is 0 Å². The van der Waals surface area contributed by atoms with Crippen molar-refractivity contribution >= 4 is 0 Å². The maximum atomic E-state index is 3.53. The summed E-state index contributed by atoms with van der Waals surface area (Å²) in [6.07, 6.45) is 11.4. The largest absolute Gasteiger partial charge is 0.385 e. The molecule has 0 amide bonds. The SMILES string of the molecule is C[C@H]1CC=C(C2=CCCCC2)NC1. The third kappa shape index (κ3) is 2.15. The molecule has 1 aliphatic heterocycles. The van der Waals surface area contributed by atoms with E-state index in [0.717, 1.165) is 12.5 Å². The summed E-state index contributed by atoms with van der Waals surface area (Å²) in [5.74, 6) is 0.813. The fraction of sp³-hybridized carbons (Fsp3) is 0.667. The molecule has 0 bridgehead atoms. The standard InChI is InChI=1S/C12H19N/c1-10-7-8-12(13-9-10)11-5-3-2-4-6-11/h5,8,10,13H,2-4,6-7,9H2,1H3/t10-/m0/s1. The number of allylic oxidation sites excluding steroid dienone is 3. The lowest BCUT2D eigenvalue weighted by Gasteiger charge is -2.24. The lowest BCUT2D eigenvalue weighted by Crippen LogP contribution is -2.26. The zero-order chi connectivity index (χ0) is 9.10. The van der Waals surface area contributed by atoms with Gasteiger partial charge in [-0.25, -0.2) is 0 Å². The molecule has 1 nitrogen and oxygen atoms in total. The third-order valence-corrected chi connectivity index (χ3v) is 3.00. The van der Waals surface area contributed by atoms with Crippen molar-refractivity contribution in [3.05, 3.63) is 23.4 Å². The van der Waals surface area contributed by atoms with Gasteiger partial charge in [0, 0.05) is 12.2 Å². The molecular formula is C12H19N. The summed E-state index contributed by atoms with van der Waals surface area (Å²) in [7, 11) is 0. The molecule has 2 aliphatic rings. The highest BCUT2D eigenvalue weighted by Gasteiger charge is 2.13. The van der Waals surface area contributed by atoms with Gasteiger partial charge in [-0.15, -0.1) is 0 Å². The van der Waals surface area contributed by atoms with E-state index in [4.69, 9.17) is 0 Å². The van der Waals surface area contributed by atoms with Crippen LogP contribution in [0, 0.1) is 5.92 Å². The normalized spacial score (nSPS) is 28.8. The predicted molar refractivity (Wildman–Crippen MR) is 56.4 cm³/mol. The van der Waals surface area contributed by atoms with Crippen LogP contribution >= 0.6 is 0 Å². The van der Waals surface area contributed by atoms with Crippen LogP contribution in [0.25, 0.3) is 0 Å². The van der Waals surface area contributed by atoms with Crippen molar-refractivity contribution in [3.8, 4) is 0 Å². The van der Waals surface area contributed by atoms with Crippen LogP contribution in [-0.4, -0.2) is 6.54 Å². The summed E-state index contributed by atoms with van der Waals surface area (Å²) in [6.45, 7) is 3.46. The van der Waals surface area contributed by atoms with Crippen LogP contribution in [-0.2, 0) is 0 Å². The van der Waals surface area contributed by atoms with Gasteiger partial charge in [-0.3, -0.25) is 0 Å². The minimum absolute atomic E-state index is 0.813. The Labute approximate surface area is 80.9 Å². The average molecular weight is 177 g/mol. The topological polar surface area (TPSA) is 12.0 Å². The molecule has 1 aliphatic carbocycles. The first-order valence-corrected chi connectivity index (χ1v) is 5.49.